The number of amides is 1. The number of pyridine rings is 1. The first kappa shape index (κ1) is 22.0. The molecule has 1 amide bonds. The van der Waals surface area contributed by atoms with Gasteiger partial charge in [0, 0.05) is 37.6 Å². The summed E-state index contributed by atoms with van der Waals surface area (Å²) in [6, 6.07) is 6.04. The number of ketones is 1. The van der Waals surface area contributed by atoms with E-state index in [0.29, 0.717) is 5.56 Å². The van der Waals surface area contributed by atoms with Crippen LogP contribution in [0, 0.1) is 11.6 Å². The Morgan fingerprint density at radius 1 is 1.07 bits per heavy atom. The maximum Gasteiger partial charge on any atom is 0.413 e. The summed E-state index contributed by atoms with van der Waals surface area (Å²) in [5.74, 6) is -2.47. The molecule has 154 valence electrons. The van der Waals surface area contributed by atoms with Crippen molar-refractivity contribution in [2.24, 2.45) is 0 Å². The van der Waals surface area contributed by atoms with Crippen molar-refractivity contribution < 1.29 is 23.1 Å². The zero-order chi connectivity index (χ0) is 21.8. The Kier molecular flexibility index (Phi) is 6.68. The van der Waals surface area contributed by atoms with Crippen LogP contribution in [0.4, 0.5) is 19.4 Å². The smallest absolute Gasteiger partial charge is 0.413 e. The summed E-state index contributed by atoms with van der Waals surface area (Å²) >= 11 is 0. The van der Waals surface area contributed by atoms with E-state index >= 15 is 0 Å². The molecule has 1 N–H and O–H groups in total. The highest BCUT2D eigenvalue weighted by Gasteiger charge is 2.19. The van der Waals surface area contributed by atoms with Crippen molar-refractivity contribution in [1.82, 2.24) is 9.88 Å². The van der Waals surface area contributed by atoms with Crippen molar-refractivity contribution in [2.75, 3.05) is 19.4 Å². The molecule has 0 aliphatic heterocycles. The number of anilines is 1. The highest BCUT2D eigenvalue weighted by atomic mass is 19.2. The molecule has 0 radical (unpaired) electrons. The van der Waals surface area contributed by atoms with Crippen LogP contribution in [-0.4, -0.2) is 41.5 Å². The maximum atomic E-state index is 13.6. The van der Waals surface area contributed by atoms with Gasteiger partial charge in [-0.15, -0.1) is 0 Å². The van der Waals surface area contributed by atoms with Crippen molar-refractivity contribution in [2.45, 2.75) is 26.4 Å². The number of nitrogens with one attached hydrogen (secondary N) is 1. The summed E-state index contributed by atoms with van der Waals surface area (Å²) in [7, 11) is 3.44. The molecule has 29 heavy (non-hydrogen) atoms. The molecular weight excluding hydrogens is 380 g/mol. The molecule has 1 aromatic heterocycles. The number of rotatable bonds is 5. The molecule has 0 aliphatic carbocycles. The molecule has 0 unspecified atom stereocenters. The average molecular weight is 403 g/mol. The van der Waals surface area contributed by atoms with Crippen LogP contribution < -0.4 is 5.32 Å². The van der Waals surface area contributed by atoms with Crippen molar-refractivity contribution in [3.05, 3.63) is 65.5 Å². The molecule has 1 aromatic carbocycles. The lowest BCUT2D eigenvalue weighted by atomic mass is 9.98. The minimum atomic E-state index is -1.11. The minimum absolute atomic E-state index is 0.00420. The van der Waals surface area contributed by atoms with Gasteiger partial charge in [-0.05, 0) is 56.7 Å². The van der Waals surface area contributed by atoms with E-state index in [0.717, 1.165) is 12.1 Å². The third kappa shape index (κ3) is 6.38. The van der Waals surface area contributed by atoms with E-state index < -0.39 is 29.1 Å². The molecule has 8 heteroatoms. The summed E-state index contributed by atoms with van der Waals surface area (Å²) in [5.41, 5.74) is -0.0269. The SMILES string of the molecule is CN(C)/C=C(\C(=O)c1ccc(F)c(F)c1)c1ccnc(NC(=O)OC(C)(C)C)c1. The Hall–Kier alpha value is -3.29. The van der Waals surface area contributed by atoms with E-state index in [1.807, 2.05) is 0 Å². The fourth-order valence-corrected chi connectivity index (χ4v) is 2.39. The fraction of sp³-hybridized carbons (Fsp3) is 0.286. The van der Waals surface area contributed by atoms with Crippen LogP contribution in [0.5, 0.6) is 0 Å². The predicted octanol–water partition coefficient (Wildman–Crippen LogP) is 4.49. The van der Waals surface area contributed by atoms with Gasteiger partial charge in [0.2, 0.25) is 0 Å². The number of halogens is 2. The summed E-state index contributed by atoms with van der Waals surface area (Å²) in [4.78, 5) is 30.6. The normalized spacial score (nSPS) is 11.8. The van der Waals surface area contributed by atoms with Crippen LogP contribution >= 0.6 is 0 Å². The van der Waals surface area contributed by atoms with Crippen LogP contribution in [0.2, 0.25) is 0 Å². The van der Waals surface area contributed by atoms with Gasteiger partial charge >= 0.3 is 6.09 Å². The lowest BCUT2D eigenvalue weighted by Gasteiger charge is -2.19. The molecule has 0 fully saturated rings. The second kappa shape index (κ2) is 8.81. The number of carbonyl (C=O) groups is 2. The van der Waals surface area contributed by atoms with E-state index in [-0.39, 0.29) is 17.0 Å². The summed E-state index contributed by atoms with van der Waals surface area (Å²) < 4.78 is 32.0. The fourth-order valence-electron chi connectivity index (χ4n) is 2.39. The van der Waals surface area contributed by atoms with E-state index in [1.54, 1.807) is 52.0 Å². The Morgan fingerprint density at radius 2 is 1.76 bits per heavy atom. The van der Waals surface area contributed by atoms with Gasteiger partial charge in [0.15, 0.2) is 17.4 Å². The Balaban J connectivity index is 2.37. The molecule has 0 spiro atoms. The van der Waals surface area contributed by atoms with Crippen LogP contribution in [0.3, 0.4) is 0 Å². The van der Waals surface area contributed by atoms with E-state index in [1.165, 1.54) is 18.3 Å². The highest BCUT2D eigenvalue weighted by molar-refractivity contribution is 6.28. The zero-order valence-electron chi connectivity index (χ0n) is 16.9. The van der Waals surface area contributed by atoms with Gasteiger partial charge < -0.3 is 9.64 Å². The average Bonchev–Trinajstić information content (AvgIpc) is 2.60. The molecule has 2 rings (SSSR count). The molecule has 0 saturated carbocycles. The second-order valence-electron chi connectivity index (χ2n) is 7.52. The van der Waals surface area contributed by atoms with Crippen molar-refractivity contribution in [1.29, 1.82) is 0 Å². The molecule has 0 atom stereocenters. The Labute approximate surface area is 168 Å². The van der Waals surface area contributed by atoms with E-state index in [2.05, 4.69) is 10.3 Å². The van der Waals surface area contributed by atoms with Crippen LogP contribution in [0.1, 0.15) is 36.7 Å². The van der Waals surface area contributed by atoms with Crippen molar-refractivity contribution in [3.8, 4) is 0 Å². The van der Waals surface area contributed by atoms with Gasteiger partial charge in [0.1, 0.15) is 11.4 Å². The van der Waals surface area contributed by atoms with Gasteiger partial charge in [-0.25, -0.2) is 18.6 Å². The number of nitrogens with zero attached hydrogens (tertiary/aromatic N) is 2. The van der Waals surface area contributed by atoms with Crippen molar-refractivity contribution in [3.63, 3.8) is 0 Å². The number of hydrogen-bond donors (Lipinski definition) is 1. The first-order valence-electron chi connectivity index (χ1n) is 8.80. The molecule has 6 nitrogen and oxygen atoms in total. The largest absolute Gasteiger partial charge is 0.444 e. The Morgan fingerprint density at radius 3 is 2.34 bits per heavy atom. The predicted molar refractivity (Wildman–Crippen MR) is 106 cm³/mol. The maximum absolute atomic E-state index is 13.6. The van der Waals surface area contributed by atoms with Crippen LogP contribution in [0.15, 0.2) is 42.7 Å². The second-order valence-corrected chi connectivity index (χ2v) is 7.52. The first-order chi connectivity index (χ1) is 13.5. The molecule has 0 aliphatic rings. The van der Waals surface area contributed by atoms with Crippen LogP contribution in [0.25, 0.3) is 5.57 Å². The molecule has 1 heterocycles. The highest BCUT2D eigenvalue weighted by Crippen LogP contribution is 2.23. The van der Waals surface area contributed by atoms with Gasteiger partial charge in [-0.3, -0.25) is 10.1 Å². The van der Waals surface area contributed by atoms with Gasteiger partial charge in [0.05, 0.1) is 0 Å². The number of ether oxygens (including phenoxy) is 1. The monoisotopic (exact) mass is 403 g/mol. The standard InChI is InChI=1S/C21H23F2N3O3/c1-21(2,3)29-20(28)25-18-11-13(8-9-24-18)15(12-26(4)5)19(27)14-6-7-16(22)17(23)10-14/h6-12H,1-5H3,(H,24,25,28)/b15-12-. The first-order valence-corrected chi connectivity index (χ1v) is 8.80. The number of Topliss-reactive ketones (excluding diaryl/α,β-unsaturated/α-hetero) is 1. The number of hydrogen-bond acceptors (Lipinski definition) is 5. The van der Waals surface area contributed by atoms with E-state index in [4.69, 9.17) is 4.74 Å². The molecule has 0 bridgehead atoms. The van der Waals surface area contributed by atoms with Gasteiger partial charge in [-0.2, -0.15) is 0 Å². The number of aromatic nitrogens is 1. The topological polar surface area (TPSA) is 71.5 Å². The minimum Gasteiger partial charge on any atom is -0.444 e. The third-order valence-corrected chi connectivity index (χ3v) is 3.51. The number of allylic oxidation sites excluding steroid dienone is 1. The third-order valence-electron chi connectivity index (χ3n) is 3.51. The van der Waals surface area contributed by atoms with Crippen LogP contribution in [-0.2, 0) is 4.74 Å². The zero-order valence-corrected chi connectivity index (χ0v) is 16.9. The Bertz CT molecular complexity index is 950. The summed E-state index contributed by atoms with van der Waals surface area (Å²) in [6.07, 6.45) is 2.28. The number of carbonyl (C=O) groups excluding carboxylic acids is 2. The molecular formula is C21H23F2N3O3. The van der Waals surface area contributed by atoms with Crippen molar-refractivity contribution >= 4 is 23.3 Å². The molecule has 2 aromatic rings. The molecule has 0 saturated heterocycles. The van der Waals surface area contributed by atoms with E-state index in [9.17, 15) is 18.4 Å². The lowest BCUT2D eigenvalue weighted by molar-refractivity contribution is 0.0635. The summed E-state index contributed by atoms with van der Waals surface area (Å²) in [5, 5.41) is 2.51. The lowest BCUT2D eigenvalue weighted by Crippen LogP contribution is -2.27. The quantitative estimate of drug-likeness (QED) is 0.588. The summed E-state index contributed by atoms with van der Waals surface area (Å²) in [6.45, 7) is 5.19. The van der Waals surface area contributed by atoms with Gasteiger partial charge in [-0.1, -0.05) is 0 Å². The van der Waals surface area contributed by atoms with Gasteiger partial charge in [0.25, 0.3) is 0 Å². The number of benzene rings is 1.